The number of H-pyrrole nitrogens is 4. The summed E-state index contributed by atoms with van der Waals surface area (Å²) in [4.78, 5) is 14.9. The first-order valence-electron chi connectivity index (χ1n) is 28.5. The Morgan fingerprint density at radius 1 is 0.250 bits per heavy atom. The smallest absolute Gasteiger partial charge is 0.228 e. The Balaban J connectivity index is 0.967. The van der Waals surface area contributed by atoms with Crippen LogP contribution in [0.4, 0.5) is 0 Å². The zero-order chi connectivity index (χ0) is 61.1. The Kier molecular flexibility index (Phi) is 16.5. The van der Waals surface area contributed by atoms with E-state index in [1.54, 1.807) is 48.5 Å². The number of benzene rings is 4. The Bertz CT molecular complexity index is 3510. The van der Waals surface area contributed by atoms with E-state index in [9.17, 15) is 61.3 Å². The third-order valence-corrected chi connectivity index (χ3v) is 16.3. The summed E-state index contributed by atoms with van der Waals surface area (Å²) in [6.45, 7) is -0.977. The van der Waals surface area contributed by atoms with E-state index < -0.39 is 98.4 Å². The van der Waals surface area contributed by atoms with Crippen molar-refractivity contribution in [3.05, 3.63) is 212 Å². The average Bonchev–Trinajstić information content (AvgIpc) is 2.84. The highest BCUT2D eigenvalue weighted by molar-refractivity contribution is 5.85. The molecule has 16 atom stereocenters. The van der Waals surface area contributed by atoms with Gasteiger partial charge < -0.3 is 119 Å². The highest BCUT2D eigenvalue weighted by Gasteiger charge is 2.42. The van der Waals surface area contributed by atoms with Crippen LogP contribution in [0.15, 0.2) is 146 Å². The van der Waals surface area contributed by atoms with Gasteiger partial charge in [-0.3, -0.25) is 0 Å². The molecule has 5 aliphatic heterocycles. The fourth-order valence-corrected chi connectivity index (χ4v) is 11.4. The van der Waals surface area contributed by atoms with E-state index >= 15 is 0 Å². The first kappa shape index (κ1) is 59.0. The van der Waals surface area contributed by atoms with Crippen LogP contribution in [0.3, 0.4) is 0 Å². The molecule has 24 nitrogen and oxygen atoms in total. The van der Waals surface area contributed by atoms with Gasteiger partial charge in [-0.05, 0) is 119 Å². The van der Waals surface area contributed by atoms with Crippen molar-refractivity contribution >= 4 is 22.3 Å². The molecule has 8 bridgehead atoms. The lowest BCUT2D eigenvalue weighted by Gasteiger charge is -2.34. The first-order valence-corrected chi connectivity index (χ1v) is 28.5. The van der Waals surface area contributed by atoms with Crippen LogP contribution >= 0.6 is 0 Å². The van der Waals surface area contributed by atoms with Crippen molar-refractivity contribution in [1.29, 1.82) is 0 Å². The third kappa shape index (κ3) is 11.6. The van der Waals surface area contributed by atoms with Gasteiger partial charge in [0.05, 0.1) is 26.4 Å². The van der Waals surface area contributed by atoms with Gasteiger partial charge in [0.2, 0.25) is 25.2 Å². The molecule has 0 unspecified atom stereocenters. The number of aliphatic hydroxyl groups excluding tert-OH is 12. The van der Waals surface area contributed by atoms with Crippen molar-refractivity contribution in [2.45, 2.75) is 98.4 Å². The van der Waals surface area contributed by atoms with E-state index in [2.05, 4.69) is 19.9 Å². The summed E-state index contributed by atoms with van der Waals surface area (Å²) in [5, 5.41) is 127. The molecule has 24 heteroatoms. The molecule has 460 valence electrons. The van der Waals surface area contributed by atoms with Crippen LogP contribution in [0.5, 0.6) is 23.0 Å². The van der Waals surface area contributed by atoms with Crippen LogP contribution in [0.2, 0.25) is 0 Å². The molecule has 4 aromatic carbocycles. The second-order valence-corrected chi connectivity index (χ2v) is 22.2. The van der Waals surface area contributed by atoms with E-state index in [0.29, 0.717) is 89.5 Å². The molecule has 5 aliphatic rings. The molecular formula is C64H64N4O20. The summed E-state index contributed by atoms with van der Waals surface area (Å²) in [6, 6.07) is 43.9. The number of aromatic nitrogens is 4. The topological polar surface area (TPSA) is 380 Å². The zero-order valence-corrected chi connectivity index (χ0v) is 46.6. The van der Waals surface area contributed by atoms with Crippen molar-refractivity contribution < 1.29 is 99.2 Å². The number of rotatable bonds is 12. The molecular weight excluding hydrogens is 1140 g/mol. The molecule has 88 heavy (non-hydrogen) atoms. The van der Waals surface area contributed by atoms with Gasteiger partial charge in [-0.1, -0.05) is 48.5 Å². The molecule has 4 aromatic heterocycles. The van der Waals surface area contributed by atoms with Gasteiger partial charge in [0.15, 0.2) is 0 Å². The number of hydrogen-bond acceptors (Lipinski definition) is 20. The van der Waals surface area contributed by atoms with Gasteiger partial charge in [0, 0.05) is 66.5 Å². The van der Waals surface area contributed by atoms with Crippen molar-refractivity contribution in [1.82, 2.24) is 19.9 Å². The molecule has 4 saturated heterocycles. The Morgan fingerprint density at radius 3 is 0.659 bits per heavy atom. The standard InChI is InChI=1S/C64H64N4O20/c69-45-25-81-61(57(77)53(45)73)85-33-9-1-29(2-10-33)49-37-17-19-39(65-37)50(30-3-11-34(12-4-30)86-62-58(78)54(74)46(70)26-82-62)41-21-23-43(67-41)52(32-7-15-36(16-8-32)88-64-60(80)56(76)48(72)28-84-64)44-24-22-42(68-44)51(40-20-18-38(49)66-40)31-5-13-35(14-6-31)87-63-59(79)55(75)47(71)27-83-63/h1-24,45-48,53-80H,25-28H2/t45-,46-,47-,48-,53-,54-,55-,56-,57+,58+,59+,60+,61+,62+,63+,64+/m1/s1. The monoisotopic (exact) mass is 1210 g/mol. The molecule has 0 aliphatic carbocycles. The van der Waals surface area contributed by atoms with E-state index in [0.717, 1.165) is 22.3 Å². The fourth-order valence-electron chi connectivity index (χ4n) is 11.4. The second kappa shape index (κ2) is 24.5. The fraction of sp³-hybridized carbons (Fsp3) is 0.312. The number of aromatic amines is 4. The van der Waals surface area contributed by atoms with Crippen LogP contribution < -0.4 is 40.3 Å². The first-order chi connectivity index (χ1) is 42.5. The maximum Gasteiger partial charge on any atom is 0.228 e. The lowest BCUT2D eigenvalue weighted by atomic mass is 10.0. The number of aliphatic hydroxyl groups is 12. The molecule has 0 amide bonds. The summed E-state index contributed by atoms with van der Waals surface area (Å²) in [7, 11) is 0. The Labute approximate surface area is 499 Å². The van der Waals surface area contributed by atoms with Gasteiger partial charge in [-0.25, -0.2) is 0 Å². The lowest BCUT2D eigenvalue weighted by molar-refractivity contribution is -0.242. The van der Waals surface area contributed by atoms with E-state index in [-0.39, 0.29) is 26.4 Å². The van der Waals surface area contributed by atoms with Crippen molar-refractivity contribution in [2.75, 3.05) is 26.4 Å². The van der Waals surface area contributed by atoms with Crippen LogP contribution in [0.1, 0.15) is 45.0 Å². The highest BCUT2D eigenvalue weighted by atomic mass is 16.7. The maximum absolute atomic E-state index is 10.7. The van der Waals surface area contributed by atoms with Gasteiger partial charge in [0.1, 0.15) is 96.2 Å². The van der Waals surface area contributed by atoms with Gasteiger partial charge in [0.25, 0.3) is 0 Å². The van der Waals surface area contributed by atoms with Crippen molar-refractivity contribution in [2.24, 2.45) is 0 Å². The molecule has 16 N–H and O–H groups in total. The van der Waals surface area contributed by atoms with Crippen LogP contribution in [0.25, 0.3) is 22.3 Å². The molecule has 0 saturated carbocycles. The quantitative estimate of drug-likeness (QED) is 0.0605. The van der Waals surface area contributed by atoms with Crippen LogP contribution in [-0.2, 0) is 18.9 Å². The lowest BCUT2D eigenvalue weighted by Crippen LogP contribution is -2.54. The normalized spacial score (nSPS) is 30.0. The minimum absolute atomic E-state index is 0.244. The predicted octanol–water partition coefficient (Wildman–Crippen LogP) is -2.43. The molecule has 13 rings (SSSR count). The summed E-state index contributed by atoms with van der Waals surface area (Å²) < 4.78 is 46.1. The second-order valence-electron chi connectivity index (χ2n) is 22.2. The molecule has 0 spiro atoms. The van der Waals surface area contributed by atoms with E-state index in [1.807, 2.05) is 97.1 Å². The number of ether oxygens (including phenoxy) is 8. The summed E-state index contributed by atoms with van der Waals surface area (Å²) in [5.74, 6) is 1.26. The molecule has 8 aromatic rings. The average molecular weight is 1210 g/mol. The van der Waals surface area contributed by atoms with E-state index in [4.69, 9.17) is 37.9 Å². The molecule has 0 radical (unpaired) electrons. The van der Waals surface area contributed by atoms with Crippen LogP contribution in [0, 0.1) is 0 Å². The zero-order valence-electron chi connectivity index (χ0n) is 46.6. The minimum Gasteiger partial charge on any atom is -0.462 e. The van der Waals surface area contributed by atoms with Crippen molar-refractivity contribution in [3.63, 3.8) is 0 Å². The van der Waals surface area contributed by atoms with Crippen LogP contribution in [-0.4, -0.2) is 206 Å². The minimum atomic E-state index is -1.52. The predicted molar refractivity (Wildman–Crippen MR) is 307 cm³/mol. The van der Waals surface area contributed by atoms with Gasteiger partial charge >= 0.3 is 0 Å². The number of hydrogen-bond donors (Lipinski definition) is 16. The SMILES string of the molecule is O[C@@H]1[C@H](Oc2ccc(C3=c4ccc([nH]4)=C(c4ccc(O[C@@H]5OC[C@@H](O)[C@@H](O)[C@@H]5O)cc4)c4ccc([nH]4)C(c4ccc(O[C@@H]5OC[C@@H](O)[C@@H](O)[C@@H]5O)cc4)=c4ccc([nH]4)=C(c4ccc(O[C@@H]5OC[C@@H](O)[C@@H](O)[C@@H]5O)cc4)c4ccc3[nH]4)cc2)OC[C@@H](O)[C@H]1O. The van der Waals surface area contributed by atoms with E-state index in [1.165, 1.54) is 0 Å². The highest BCUT2D eigenvalue weighted by Crippen LogP contribution is 2.33. The molecule has 9 heterocycles. The van der Waals surface area contributed by atoms with Gasteiger partial charge in [-0.2, -0.15) is 0 Å². The summed E-state index contributed by atoms with van der Waals surface area (Å²) in [5.41, 5.74) is 8.41. The Morgan fingerprint density at radius 2 is 0.455 bits per heavy atom. The largest absolute Gasteiger partial charge is 0.462 e. The Hall–Kier alpha value is -7.96. The number of fused-ring (bicyclic) bond motifs is 8. The maximum atomic E-state index is 10.7. The summed E-state index contributed by atoms with van der Waals surface area (Å²) in [6.07, 6.45) is -22.2. The van der Waals surface area contributed by atoms with Gasteiger partial charge in [-0.15, -0.1) is 0 Å². The molecule has 4 fully saturated rings. The summed E-state index contributed by atoms with van der Waals surface area (Å²) >= 11 is 0. The number of nitrogens with one attached hydrogen (secondary N) is 4. The third-order valence-electron chi connectivity index (χ3n) is 16.3. The van der Waals surface area contributed by atoms with Crippen molar-refractivity contribution in [3.8, 4) is 23.0 Å².